The summed E-state index contributed by atoms with van der Waals surface area (Å²) >= 11 is 5.18. The largest absolute Gasteiger partial charge is 0.354 e. The fourth-order valence-corrected chi connectivity index (χ4v) is 2.17. The van der Waals surface area contributed by atoms with Gasteiger partial charge in [-0.1, -0.05) is 0 Å². The number of carbonyl (C=O) groups excluding carboxylic acids is 2. The molecule has 0 aromatic carbocycles. The molecule has 1 aliphatic rings. The van der Waals surface area contributed by atoms with Gasteiger partial charge in [-0.25, -0.2) is 8.78 Å². The first kappa shape index (κ1) is 15.9. The second-order valence-corrected chi connectivity index (χ2v) is 5.46. The number of rotatable bonds is 8. The molecule has 1 heterocycles. The third kappa shape index (κ3) is 4.77. The van der Waals surface area contributed by atoms with Crippen LogP contribution in [0.15, 0.2) is 6.07 Å². The Hall–Kier alpha value is -1.50. The highest BCUT2D eigenvalue weighted by Crippen LogP contribution is 2.41. The lowest BCUT2D eigenvalue weighted by Crippen LogP contribution is -2.29. The zero-order valence-corrected chi connectivity index (χ0v) is 12.1. The van der Waals surface area contributed by atoms with Crippen LogP contribution in [0.3, 0.4) is 0 Å². The van der Waals surface area contributed by atoms with Crippen LogP contribution < -0.4 is 5.32 Å². The van der Waals surface area contributed by atoms with E-state index >= 15 is 0 Å². The van der Waals surface area contributed by atoms with Crippen molar-refractivity contribution in [2.24, 2.45) is 0 Å². The number of alkyl halides is 2. The first-order chi connectivity index (χ1) is 9.97. The van der Waals surface area contributed by atoms with Gasteiger partial charge >= 0.3 is 0 Å². The standard InChI is InChI=1S/C13H16ClF2N3O2/c14-11(20)2-1-5-17-12(21)7-19-10(8-3-4-8)6-9(18-19)13(15)16/h6,8,13H,1-5,7H2,(H,17,21). The van der Waals surface area contributed by atoms with Gasteiger partial charge in [0.15, 0.2) is 0 Å². The highest BCUT2D eigenvalue weighted by molar-refractivity contribution is 6.63. The molecule has 5 nitrogen and oxygen atoms in total. The molecular formula is C13H16ClF2N3O2. The summed E-state index contributed by atoms with van der Waals surface area (Å²) in [6.45, 7) is 0.229. The van der Waals surface area contributed by atoms with E-state index in [-0.39, 0.29) is 30.5 Å². The molecule has 1 fully saturated rings. The molecule has 0 atom stereocenters. The van der Waals surface area contributed by atoms with E-state index in [1.807, 2.05) is 0 Å². The molecule has 21 heavy (non-hydrogen) atoms. The average molecular weight is 320 g/mol. The van der Waals surface area contributed by atoms with Crippen LogP contribution >= 0.6 is 11.6 Å². The van der Waals surface area contributed by atoms with E-state index in [9.17, 15) is 18.4 Å². The van der Waals surface area contributed by atoms with Gasteiger partial charge in [0, 0.05) is 24.6 Å². The monoisotopic (exact) mass is 319 g/mol. The van der Waals surface area contributed by atoms with Gasteiger partial charge in [0.25, 0.3) is 6.43 Å². The lowest BCUT2D eigenvalue weighted by atomic mass is 10.2. The Morgan fingerprint density at radius 1 is 1.48 bits per heavy atom. The maximum atomic E-state index is 12.7. The number of halogens is 3. The highest BCUT2D eigenvalue weighted by atomic mass is 35.5. The summed E-state index contributed by atoms with van der Waals surface area (Å²) in [5.74, 6) is -0.0884. The third-order valence-electron chi connectivity index (χ3n) is 3.21. The second kappa shape index (κ2) is 6.98. The van der Waals surface area contributed by atoms with Gasteiger partial charge in [-0.3, -0.25) is 14.3 Å². The van der Waals surface area contributed by atoms with E-state index in [0.29, 0.717) is 18.7 Å². The van der Waals surface area contributed by atoms with Gasteiger partial charge in [-0.15, -0.1) is 0 Å². The van der Waals surface area contributed by atoms with Gasteiger partial charge < -0.3 is 5.32 Å². The minimum atomic E-state index is -2.64. The molecule has 1 N–H and O–H groups in total. The molecule has 2 rings (SSSR count). The van der Waals surface area contributed by atoms with Crippen LogP contribution in [0.1, 0.15) is 49.4 Å². The predicted octanol–water partition coefficient (Wildman–Crippen LogP) is 2.36. The summed E-state index contributed by atoms with van der Waals surface area (Å²) in [4.78, 5) is 22.3. The van der Waals surface area contributed by atoms with Gasteiger partial charge in [0.05, 0.1) is 0 Å². The Kier molecular flexibility index (Phi) is 5.27. The molecule has 0 saturated heterocycles. The molecule has 0 bridgehead atoms. The molecule has 0 spiro atoms. The van der Waals surface area contributed by atoms with Crippen molar-refractivity contribution >= 4 is 22.8 Å². The topological polar surface area (TPSA) is 64.0 Å². The van der Waals surface area contributed by atoms with Crippen LogP contribution in [0.2, 0.25) is 0 Å². The van der Waals surface area contributed by atoms with Crippen LogP contribution in [-0.2, 0) is 16.1 Å². The fourth-order valence-electron chi connectivity index (χ4n) is 2.04. The molecule has 0 aliphatic heterocycles. The molecule has 116 valence electrons. The Morgan fingerprint density at radius 2 is 2.19 bits per heavy atom. The van der Waals surface area contributed by atoms with Crippen molar-refractivity contribution in [2.45, 2.75) is 44.6 Å². The van der Waals surface area contributed by atoms with Crippen molar-refractivity contribution in [2.75, 3.05) is 6.54 Å². The molecule has 1 saturated carbocycles. The van der Waals surface area contributed by atoms with E-state index in [1.165, 1.54) is 10.7 Å². The van der Waals surface area contributed by atoms with Crippen LogP contribution in [0, 0.1) is 0 Å². The minimum Gasteiger partial charge on any atom is -0.354 e. The number of hydrogen-bond acceptors (Lipinski definition) is 3. The molecular weight excluding hydrogens is 304 g/mol. The molecule has 1 aromatic rings. The smallest absolute Gasteiger partial charge is 0.282 e. The van der Waals surface area contributed by atoms with E-state index in [2.05, 4.69) is 10.4 Å². The van der Waals surface area contributed by atoms with Crippen molar-refractivity contribution in [3.63, 3.8) is 0 Å². The molecule has 1 aromatic heterocycles. The van der Waals surface area contributed by atoms with Crippen LogP contribution in [0.4, 0.5) is 8.78 Å². The SMILES string of the molecule is O=C(Cl)CCCNC(=O)Cn1nc(C(F)F)cc1C1CC1. The first-order valence-electron chi connectivity index (χ1n) is 6.78. The fraction of sp³-hybridized carbons (Fsp3) is 0.615. The number of nitrogens with zero attached hydrogens (tertiary/aromatic N) is 2. The zero-order valence-electron chi connectivity index (χ0n) is 11.3. The molecule has 0 unspecified atom stereocenters. The van der Waals surface area contributed by atoms with E-state index in [4.69, 9.17) is 11.6 Å². The highest BCUT2D eigenvalue weighted by Gasteiger charge is 2.30. The Balaban J connectivity index is 1.89. The van der Waals surface area contributed by atoms with Gasteiger partial charge in [0.1, 0.15) is 12.2 Å². The molecule has 0 radical (unpaired) electrons. The van der Waals surface area contributed by atoms with Gasteiger partial charge in [0.2, 0.25) is 11.1 Å². The van der Waals surface area contributed by atoms with Crippen molar-refractivity contribution in [1.29, 1.82) is 0 Å². The van der Waals surface area contributed by atoms with Gasteiger partial charge in [-0.2, -0.15) is 5.10 Å². The number of hydrogen-bond donors (Lipinski definition) is 1. The number of nitrogens with one attached hydrogen (secondary N) is 1. The summed E-state index contributed by atoms with van der Waals surface area (Å²) in [5, 5.41) is 5.96. The Labute approximate surface area is 125 Å². The van der Waals surface area contributed by atoms with Gasteiger partial charge in [-0.05, 0) is 36.9 Å². The predicted molar refractivity (Wildman–Crippen MR) is 72.3 cm³/mol. The lowest BCUT2D eigenvalue weighted by Gasteiger charge is -2.07. The van der Waals surface area contributed by atoms with Crippen molar-refractivity contribution in [3.05, 3.63) is 17.5 Å². The quantitative estimate of drug-likeness (QED) is 0.591. The Morgan fingerprint density at radius 3 is 2.76 bits per heavy atom. The first-order valence-corrected chi connectivity index (χ1v) is 7.16. The summed E-state index contributed by atoms with van der Waals surface area (Å²) in [7, 11) is 0. The average Bonchev–Trinajstić information content (AvgIpc) is 3.16. The molecule has 8 heteroatoms. The van der Waals surface area contributed by atoms with E-state index < -0.39 is 11.7 Å². The summed E-state index contributed by atoms with van der Waals surface area (Å²) in [6, 6.07) is 1.38. The maximum Gasteiger partial charge on any atom is 0.282 e. The van der Waals surface area contributed by atoms with Crippen molar-refractivity contribution in [3.8, 4) is 0 Å². The normalized spacial score (nSPS) is 14.5. The van der Waals surface area contributed by atoms with Crippen molar-refractivity contribution in [1.82, 2.24) is 15.1 Å². The zero-order chi connectivity index (χ0) is 15.4. The third-order valence-corrected chi connectivity index (χ3v) is 3.40. The second-order valence-electron chi connectivity index (χ2n) is 5.04. The summed E-state index contributed by atoms with van der Waals surface area (Å²) in [5.41, 5.74) is 0.397. The van der Waals surface area contributed by atoms with E-state index in [1.54, 1.807) is 0 Å². The minimum absolute atomic E-state index is 0.0899. The Bertz CT molecular complexity index is 529. The molecule has 1 amide bonds. The maximum absolute atomic E-state index is 12.7. The summed E-state index contributed by atoms with van der Waals surface area (Å²) < 4.78 is 26.7. The van der Waals surface area contributed by atoms with Crippen LogP contribution in [-0.4, -0.2) is 27.5 Å². The van der Waals surface area contributed by atoms with Crippen LogP contribution in [0.5, 0.6) is 0 Å². The summed E-state index contributed by atoms with van der Waals surface area (Å²) in [6.07, 6.45) is -0.125. The number of carbonyl (C=O) groups is 2. The van der Waals surface area contributed by atoms with E-state index in [0.717, 1.165) is 12.8 Å². The number of aromatic nitrogens is 2. The lowest BCUT2D eigenvalue weighted by molar-refractivity contribution is -0.122. The number of amides is 1. The van der Waals surface area contributed by atoms with Crippen molar-refractivity contribution < 1.29 is 18.4 Å². The molecule has 1 aliphatic carbocycles. The van der Waals surface area contributed by atoms with Crippen LogP contribution in [0.25, 0.3) is 0 Å².